The van der Waals surface area contributed by atoms with Crippen LogP contribution in [0.5, 0.6) is 0 Å². The number of aromatic nitrogens is 3. The minimum atomic E-state index is 0.253. The molecule has 2 aliphatic rings. The third kappa shape index (κ3) is 4.20. The third-order valence-corrected chi connectivity index (χ3v) is 4.60. The average molecular weight is 356 g/mol. The van der Waals surface area contributed by atoms with E-state index in [2.05, 4.69) is 36.8 Å². The molecular formula is C18H24N6O2. The molecule has 4 rings (SSSR count). The summed E-state index contributed by atoms with van der Waals surface area (Å²) in [7, 11) is 0. The first-order chi connectivity index (χ1) is 12.9. The lowest BCUT2D eigenvalue weighted by Crippen LogP contribution is -2.36. The highest BCUT2D eigenvalue weighted by atomic mass is 16.5. The Kier molecular flexibility index (Phi) is 5.41. The normalized spacial score (nSPS) is 20.2. The molecule has 0 radical (unpaired) electrons. The zero-order chi connectivity index (χ0) is 17.6. The van der Waals surface area contributed by atoms with E-state index in [1.54, 1.807) is 6.20 Å². The molecule has 0 bridgehead atoms. The fourth-order valence-corrected chi connectivity index (χ4v) is 3.25. The Morgan fingerprint density at radius 3 is 2.88 bits per heavy atom. The Balaban J connectivity index is 1.44. The molecule has 8 heteroatoms. The van der Waals surface area contributed by atoms with E-state index < -0.39 is 0 Å². The van der Waals surface area contributed by atoms with Gasteiger partial charge in [-0.3, -0.25) is 0 Å². The fourth-order valence-electron chi connectivity index (χ4n) is 3.25. The van der Waals surface area contributed by atoms with Crippen molar-refractivity contribution >= 4 is 23.1 Å². The molecule has 1 unspecified atom stereocenters. The van der Waals surface area contributed by atoms with Gasteiger partial charge in [-0.25, -0.2) is 0 Å². The Morgan fingerprint density at radius 2 is 2.04 bits per heavy atom. The lowest BCUT2D eigenvalue weighted by molar-refractivity contribution is 0.120. The van der Waals surface area contributed by atoms with Crippen LogP contribution in [0.15, 0.2) is 30.5 Å². The largest absolute Gasteiger partial charge is 0.378 e. The smallest absolute Gasteiger partial charge is 0.249 e. The second-order valence-electron chi connectivity index (χ2n) is 6.42. The highest BCUT2D eigenvalue weighted by Crippen LogP contribution is 2.28. The number of hydrogen-bond acceptors (Lipinski definition) is 8. The van der Waals surface area contributed by atoms with Crippen LogP contribution >= 0.6 is 0 Å². The van der Waals surface area contributed by atoms with Crippen molar-refractivity contribution in [3.63, 3.8) is 0 Å². The van der Waals surface area contributed by atoms with Crippen molar-refractivity contribution in [3.05, 3.63) is 30.5 Å². The van der Waals surface area contributed by atoms with E-state index in [1.165, 1.54) is 0 Å². The van der Waals surface area contributed by atoms with Gasteiger partial charge in [0, 0.05) is 26.2 Å². The first kappa shape index (κ1) is 17.0. The van der Waals surface area contributed by atoms with Crippen molar-refractivity contribution in [1.29, 1.82) is 0 Å². The maximum absolute atomic E-state index is 5.63. The van der Waals surface area contributed by atoms with Gasteiger partial charge in [-0.05, 0) is 25.0 Å². The van der Waals surface area contributed by atoms with Crippen molar-refractivity contribution in [2.45, 2.75) is 18.9 Å². The van der Waals surface area contributed by atoms with Crippen LogP contribution in [0.2, 0.25) is 0 Å². The molecule has 1 atom stereocenters. The zero-order valence-electron chi connectivity index (χ0n) is 14.7. The maximum Gasteiger partial charge on any atom is 0.249 e. The van der Waals surface area contributed by atoms with Crippen LogP contribution in [-0.2, 0) is 9.47 Å². The van der Waals surface area contributed by atoms with E-state index in [0.29, 0.717) is 11.8 Å². The Bertz CT molecular complexity index is 716. The van der Waals surface area contributed by atoms with E-state index in [-0.39, 0.29) is 6.10 Å². The van der Waals surface area contributed by atoms with Crippen molar-refractivity contribution in [2.75, 3.05) is 55.0 Å². The van der Waals surface area contributed by atoms with Gasteiger partial charge in [-0.15, -0.1) is 5.10 Å². The number of nitrogens with one attached hydrogen (secondary N) is 2. The summed E-state index contributed by atoms with van der Waals surface area (Å²) >= 11 is 0. The van der Waals surface area contributed by atoms with Gasteiger partial charge in [0.2, 0.25) is 5.95 Å². The monoisotopic (exact) mass is 356 g/mol. The third-order valence-electron chi connectivity index (χ3n) is 4.60. The van der Waals surface area contributed by atoms with Crippen LogP contribution in [0.3, 0.4) is 0 Å². The number of nitrogens with zero attached hydrogens (tertiary/aromatic N) is 4. The van der Waals surface area contributed by atoms with E-state index in [9.17, 15) is 0 Å². The number of hydrogen-bond donors (Lipinski definition) is 2. The first-order valence-electron chi connectivity index (χ1n) is 9.12. The van der Waals surface area contributed by atoms with Crippen LogP contribution in [0.4, 0.5) is 23.1 Å². The summed E-state index contributed by atoms with van der Waals surface area (Å²) in [5, 5.41) is 14.8. The highest BCUT2D eigenvalue weighted by Gasteiger charge is 2.16. The van der Waals surface area contributed by atoms with Crippen LogP contribution < -0.4 is 15.5 Å². The fraction of sp³-hybridized carbons (Fsp3) is 0.500. The molecule has 0 aliphatic carbocycles. The van der Waals surface area contributed by atoms with Crippen molar-refractivity contribution < 1.29 is 9.47 Å². The van der Waals surface area contributed by atoms with Gasteiger partial charge in [0.1, 0.15) is 0 Å². The van der Waals surface area contributed by atoms with Crippen molar-refractivity contribution in [3.8, 4) is 0 Å². The van der Waals surface area contributed by atoms with Gasteiger partial charge in [0.15, 0.2) is 5.82 Å². The van der Waals surface area contributed by atoms with Gasteiger partial charge in [0.25, 0.3) is 0 Å². The SMILES string of the molecule is c1ccc(N2CCOCC2)c(Nc2nncc(NCC3CCCO3)n2)c1. The summed E-state index contributed by atoms with van der Waals surface area (Å²) in [6.45, 7) is 4.83. The van der Waals surface area contributed by atoms with Gasteiger partial charge in [-0.2, -0.15) is 10.1 Å². The number of ether oxygens (including phenoxy) is 2. The minimum Gasteiger partial charge on any atom is -0.378 e. The molecule has 0 spiro atoms. The predicted molar refractivity (Wildman–Crippen MR) is 100 cm³/mol. The number of para-hydroxylation sites is 2. The second-order valence-corrected chi connectivity index (χ2v) is 6.42. The molecule has 3 heterocycles. The van der Waals surface area contributed by atoms with Gasteiger partial charge in [-0.1, -0.05) is 12.1 Å². The minimum absolute atomic E-state index is 0.253. The summed E-state index contributed by atoms with van der Waals surface area (Å²) in [5.41, 5.74) is 2.09. The summed E-state index contributed by atoms with van der Waals surface area (Å²) < 4.78 is 11.1. The summed E-state index contributed by atoms with van der Waals surface area (Å²) in [5.74, 6) is 1.17. The average Bonchev–Trinajstić information content (AvgIpc) is 3.22. The van der Waals surface area contributed by atoms with Gasteiger partial charge >= 0.3 is 0 Å². The molecule has 1 aromatic carbocycles. The molecular weight excluding hydrogens is 332 g/mol. The molecule has 8 nitrogen and oxygen atoms in total. The molecule has 2 N–H and O–H groups in total. The Labute approximate surface area is 152 Å². The van der Waals surface area contributed by atoms with Crippen molar-refractivity contribution in [2.24, 2.45) is 0 Å². The standard InChI is InChI=1S/C18H24N6O2/c1-2-6-16(24-7-10-25-11-8-24)15(5-1)21-18-22-17(13-20-23-18)19-12-14-4-3-9-26-14/h1-2,5-6,13-14H,3-4,7-12H2,(H2,19,21,22,23). The molecule has 2 aromatic rings. The lowest BCUT2D eigenvalue weighted by Gasteiger charge is -2.30. The quantitative estimate of drug-likeness (QED) is 0.813. The van der Waals surface area contributed by atoms with E-state index >= 15 is 0 Å². The first-order valence-corrected chi connectivity index (χ1v) is 9.12. The predicted octanol–water partition coefficient (Wildman–Crippen LogP) is 2.04. The molecule has 0 saturated carbocycles. The molecule has 26 heavy (non-hydrogen) atoms. The summed E-state index contributed by atoms with van der Waals surface area (Å²) in [4.78, 5) is 6.83. The van der Waals surface area contributed by atoms with E-state index in [4.69, 9.17) is 9.47 Å². The lowest BCUT2D eigenvalue weighted by atomic mass is 10.2. The highest BCUT2D eigenvalue weighted by molar-refractivity contribution is 5.73. The summed E-state index contributed by atoms with van der Waals surface area (Å²) in [6, 6.07) is 8.16. The molecule has 0 amide bonds. The number of anilines is 4. The van der Waals surface area contributed by atoms with Crippen LogP contribution in [0.25, 0.3) is 0 Å². The Hall–Kier alpha value is -2.45. The van der Waals surface area contributed by atoms with E-state index in [1.807, 2.05) is 18.2 Å². The topological polar surface area (TPSA) is 84.4 Å². The number of morpholine rings is 1. The Morgan fingerprint density at radius 1 is 1.15 bits per heavy atom. The molecule has 138 valence electrons. The van der Waals surface area contributed by atoms with Gasteiger partial charge < -0.3 is 25.0 Å². The maximum atomic E-state index is 5.63. The second kappa shape index (κ2) is 8.29. The number of benzene rings is 1. The molecule has 2 fully saturated rings. The van der Waals surface area contributed by atoms with Crippen LogP contribution in [-0.4, -0.2) is 60.7 Å². The number of rotatable bonds is 6. The van der Waals surface area contributed by atoms with Crippen molar-refractivity contribution in [1.82, 2.24) is 15.2 Å². The molecule has 1 aromatic heterocycles. The molecule has 2 aliphatic heterocycles. The summed E-state index contributed by atoms with van der Waals surface area (Å²) in [6.07, 6.45) is 4.10. The molecule has 2 saturated heterocycles. The zero-order valence-corrected chi connectivity index (χ0v) is 14.7. The van der Waals surface area contributed by atoms with E-state index in [0.717, 1.165) is 63.7 Å². The van der Waals surface area contributed by atoms with Gasteiger partial charge in [0.05, 0.1) is 36.9 Å². The van der Waals surface area contributed by atoms with Crippen LogP contribution in [0.1, 0.15) is 12.8 Å². The van der Waals surface area contributed by atoms with Crippen LogP contribution in [0, 0.1) is 0 Å².